The van der Waals surface area contributed by atoms with Gasteiger partial charge in [0.15, 0.2) is 0 Å². The Kier molecular flexibility index (Phi) is 11.2. The van der Waals surface area contributed by atoms with Gasteiger partial charge in [0.25, 0.3) is 0 Å². The maximum absolute atomic E-state index is 6.32. The SMILES string of the molecule is c1ccc(-c2ccc3cc(-c4ccc(-c5cccc6c5oc5ccccc56)cc4)c4ccccc4c3c2)cc1.c1ccc2c(-c3ccc4cc(-c5ccc(-c6cccc7c6oc6ccccc67)cc5)c5ccccc5c4c3)cccc2c1. The molecule has 2 aromatic heterocycles. The van der Waals surface area contributed by atoms with E-state index in [1.165, 1.54) is 98.4 Å². The van der Waals surface area contributed by atoms with Crippen LogP contribution in [0.2, 0.25) is 0 Å². The van der Waals surface area contributed by atoms with E-state index in [0.29, 0.717) is 0 Å². The summed E-state index contributed by atoms with van der Waals surface area (Å²) in [7, 11) is 0. The molecule has 0 saturated heterocycles. The minimum Gasteiger partial charge on any atom is -0.455 e. The Morgan fingerprint density at radius 3 is 1.06 bits per heavy atom. The maximum Gasteiger partial charge on any atom is 0.143 e. The fourth-order valence-electron chi connectivity index (χ4n) is 12.7. The van der Waals surface area contributed by atoms with Gasteiger partial charge < -0.3 is 8.83 Å². The van der Waals surface area contributed by atoms with Gasteiger partial charge in [-0.15, -0.1) is 0 Å². The van der Waals surface area contributed by atoms with Gasteiger partial charge in [-0.1, -0.05) is 267 Å². The number of hydrogen-bond acceptors (Lipinski definition) is 2. The molecule has 17 aromatic rings. The summed E-state index contributed by atoms with van der Waals surface area (Å²) >= 11 is 0. The van der Waals surface area contributed by atoms with Crippen molar-refractivity contribution in [3.63, 3.8) is 0 Å². The minimum atomic E-state index is 0.924. The lowest BCUT2D eigenvalue weighted by Crippen LogP contribution is -1.87. The monoisotopic (exact) mass is 1040 g/mol. The Hall–Kier alpha value is -10.8. The molecule has 0 radical (unpaired) electrons. The van der Waals surface area contributed by atoms with Crippen LogP contribution in [0, 0.1) is 0 Å². The van der Waals surface area contributed by atoms with Crippen LogP contribution in [0.4, 0.5) is 0 Å². The van der Waals surface area contributed by atoms with E-state index in [0.717, 1.165) is 66.1 Å². The molecule has 82 heavy (non-hydrogen) atoms. The first kappa shape index (κ1) is 47.2. The summed E-state index contributed by atoms with van der Waals surface area (Å²) in [5.41, 5.74) is 18.2. The van der Waals surface area contributed by atoms with E-state index in [9.17, 15) is 0 Å². The first-order valence-corrected chi connectivity index (χ1v) is 28.1. The molecule has 0 aliphatic rings. The summed E-state index contributed by atoms with van der Waals surface area (Å²) in [6.45, 7) is 0. The summed E-state index contributed by atoms with van der Waals surface area (Å²) in [4.78, 5) is 0. The normalized spacial score (nSPS) is 11.7. The molecule has 0 atom stereocenters. The number of fused-ring (bicyclic) bond motifs is 13. The van der Waals surface area contributed by atoms with Crippen molar-refractivity contribution < 1.29 is 8.83 Å². The van der Waals surface area contributed by atoms with Gasteiger partial charge in [-0.2, -0.15) is 0 Å². The molecule has 0 bridgehead atoms. The topological polar surface area (TPSA) is 26.3 Å². The van der Waals surface area contributed by atoms with E-state index in [4.69, 9.17) is 8.83 Å². The van der Waals surface area contributed by atoms with Crippen molar-refractivity contribution in [2.45, 2.75) is 0 Å². The fraction of sp³-hybridized carbons (Fsp3) is 0. The third kappa shape index (κ3) is 8.03. The lowest BCUT2D eigenvalue weighted by Gasteiger charge is -2.14. The molecular formula is C80H50O2. The van der Waals surface area contributed by atoms with Crippen molar-refractivity contribution >= 4 is 97.7 Å². The van der Waals surface area contributed by atoms with Gasteiger partial charge in [0, 0.05) is 32.7 Å². The van der Waals surface area contributed by atoms with Crippen LogP contribution >= 0.6 is 0 Å². The molecule has 382 valence electrons. The van der Waals surface area contributed by atoms with Crippen LogP contribution in [0.15, 0.2) is 312 Å². The highest BCUT2D eigenvalue weighted by Gasteiger charge is 2.17. The zero-order chi connectivity index (χ0) is 54.1. The van der Waals surface area contributed by atoms with Crippen molar-refractivity contribution in [3.05, 3.63) is 303 Å². The van der Waals surface area contributed by atoms with E-state index >= 15 is 0 Å². The summed E-state index contributed by atoms with van der Waals surface area (Å²) < 4.78 is 12.6. The highest BCUT2D eigenvalue weighted by molar-refractivity contribution is 6.17. The quantitative estimate of drug-likeness (QED) is 0.155. The molecule has 2 heteroatoms. The molecule has 0 aliphatic heterocycles. The van der Waals surface area contributed by atoms with Crippen LogP contribution in [0.3, 0.4) is 0 Å². The lowest BCUT2D eigenvalue weighted by molar-refractivity contribution is 0.669. The van der Waals surface area contributed by atoms with Gasteiger partial charge in [-0.05, 0) is 146 Å². The number of para-hydroxylation sites is 4. The molecule has 17 rings (SSSR count). The zero-order valence-corrected chi connectivity index (χ0v) is 44.7. The minimum absolute atomic E-state index is 0.924. The smallest absolute Gasteiger partial charge is 0.143 e. The number of furan rings is 2. The molecule has 0 unspecified atom stereocenters. The third-order valence-corrected chi connectivity index (χ3v) is 16.8. The fourth-order valence-corrected chi connectivity index (χ4v) is 12.7. The Morgan fingerprint density at radius 2 is 0.524 bits per heavy atom. The molecular weight excluding hydrogens is 993 g/mol. The molecule has 2 nitrogen and oxygen atoms in total. The van der Waals surface area contributed by atoms with Gasteiger partial charge in [-0.3, -0.25) is 0 Å². The highest BCUT2D eigenvalue weighted by Crippen LogP contribution is 2.43. The molecule has 15 aromatic carbocycles. The molecule has 2 heterocycles. The third-order valence-electron chi connectivity index (χ3n) is 16.8. The number of hydrogen-bond donors (Lipinski definition) is 0. The largest absolute Gasteiger partial charge is 0.455 e. The summed E-state index contributed by atoms with van der Waals surface area (Å²) in [6, 6.07) is 109. The Balaban J connectivity index is 0.000000136. The summed E-state index contributed by atoms with van der Waals surface area (Å²) in [5, 5.41) is 17.3. The highest BCUT2D eigenvalue weighted by atomic mass is 16.3. The van der Waals surface area contributed by atoms with E-state index in [1.54, 1.807) is 0 Å². The predicted molar refractivity (Wildman–Crippen MR) is 348 cm³/mol. The molecule has 0 spiro atoms. The molecule has 0 fully saturated rings. The van der Waals surface area contributed by atoms with Crippen molar-refractivity contribution in [2.75, 3.05) is 0 Å². The second-order valence-corrected chi connectivity index (χ2v) is 21.4. The van der Waals surface area contributed by atoms with Crippen molar-refractivity contribution in [3.8, 4) is 66.8 Å². The predicted octanol–water partition coefficient (Wildman–Crippen LogP) is 22.9. The molecule has 0 N–H and O–H groups in total. The average molecular weight is 1040 g/mol. The molecule has 0 amide bonds. The Bertz CT molecular complexity index is 5310. The van der Waals surface area contributed by atoms with Crippen LogP contribution in [0.5, 0.6) is 0 Å². The van der Waals surface area contributed by atoms with Crippen LogP contribution in [0.25, 0.3) is 165 Å². The Morgan fingerprint density at radius 1 is 0.159 bits per heavy atom. The van der Waals surface area contributed by atoms with Crippen molar-refractivity contribution in [1.82, 2.24) is 0 Å². The van der Waals surface area contributed by atoms with E-state index in [2.05, 4.69) is 279 Å². The second-order valence-electron chi connectivity index (χ2n) is 21.4. The average Bonchev–Trinajstić information content (AvgIpc) is 3.98. The van der Waals surface area contributed by atoms with Gasteiger partial charge in [0.2, 0.25) is 0 Å². The van der Waals surface area contributed by atoms with Gasteiger partial charge in [-0.25, -0.2) is 0 Å². The summed E-state index contributed by atoms with van der Waals surface area (Å²) in [6.07, 6.45) is 0. The van der Waals surface area contributed by atoms with Crippen LogP contribution in [-0.4, -0.2) is 0 Å². The van der Waals surface area contributed by atoms with E-state index < -0.39 is 0 Å². The van der Waals surface area contributed by atoms with Crippen LogP contribution in [0.1, 0.15) is 0 Å². The first-order chi connectivity index (χ1) is 40.6. The molecule has 0 aliphatic carbocycles. The second kappa shape index (κ2) is 19.5. The number of rotatable bonds is 6. The zero-order valence-electron chi connectivity index (χ0n) is 44.7. The summed E-state index contributed by atoms with van der Waals surface area (Å²) in [5.74, 6) is 0. The van der Waals surface area contributed by atoms with E-state index in [1.807, 2.05) is 24.3 Å². The molecule has 0 saturated carbocycles. The lowest BCUT2D eigenvalue weighted by atomic mass is 9.90. The number of benzene rings is 15. The van der Waals surface area contributed by atoms with Gasteiger partial charge >= 0.3 is 0 Å². The maximum atomic E-state index is 6.32. The Labute approximate surface area is 474 Å². The van der Waals surface area contributed by atoms with Gasteiger partial charge in [0.1, 0.15) is 22.3 Å². The van der Waals surface area contributed by atoms with Crippen molar-refractivity contribution in [2.24, 2.45) is 0 Å². The first-order valence-electron chi connectivity index (χ1n) is 28.1. The van der Waals surface area contributed by atoms with Crippen LogP contribution in [-0.2, 0) is 0 Å². The van der Waals surface area contributed by atoms with E-state index in [-0.39, 0.29) is 0 Å². The van der Waals surface area contributed by atoms with Crippen LogP contribution < -0.4 is 0 Å². The standard InChI is InChI=1S/C42H26O.C38H24O/c1-2-11-32-27(9-1)10-7-15-33(32)30-23-24-31-26-39(35-12-3-4-13-36(35)40(31)25-30)29-21-19-28(20-22-29)34-16-8-17-38-37-14-5-6-18-41(37)43-42(34)38;1-2-9-25(10-3-1)28-21-22-29-24-35(31-11-4-5-12-32(31)36(29)23-28)27-19-17-26(18-20-27)30-14-8-15-34-33-13-6-7-16-37(33)39-38(30)34/h1-26H;1-24H. The van der Waals surface area contributed by atoms with Gasteiger partial charge in [0.05, 0.1) is 0 Å². The van der Waals surface area contributed by atoms with Crippen molar-refractivity contribution in [1.29, 1.82) is 0 Å².